The molecule has 0 aliphatic carbocycles. The van der Waals surface area contributed by atoms with Crippen LogP contribution in [0.4, 0.5) is 5.82 Å². The normalized spacial score (nSPS) is 12.9. The average Bonchev–Trinajstić information content (AvgIpc) is 3.09. The molecule has 0 radical (unpaired) electrons. The number of benzene rings is 1. The molecule has 7 nitrogen and oxygen atoms in total. The Morgan fingerprint density at radius 2 is 2.18 bits per heavy atom. The van der Waals surface area contributed by atoms with Crippen LogP contribution in [0.3, 0.4) is 0 Å². The predicted octanol–water partition coefficient (Wildman–Crippen LogP) is 1.53. The number of anilines is 1. The molecule has 2 amide bonds. The first-order chi connectivity index (χ1) is 10.6. The van der Waals surface area contributed by atoms with Gasteiger partial charge in [-0.1, -0.05) is 6.07 Å². The molecule has 114 valence electrons. The number of amides is 2. The maximum Gasteiger partial charge on any atom is 0.256 e. The minimum Gasteiger partial charge on any atom is -0.497 e. The van der Waals surface area contributed by atoms with Gasteiger partial charge in [-0.2, -0.15) is 5.10 Å². The van der Waals surface area contributed by atoms with Crippen molar-refractivity contribution in [2.75, 3.05) is 12.4 Å². The van der Waals surface area contributed by atoms with Crippen LogP contribution in [0.2, 0.25) is 0 Å². The fraction of sp³-hybridized carbons (Fsp3) is 0.267. The van der Waals surface area contributed by atoms with Crippen LogP contribution in [0.25, 0.3) is 0 Å². The summed E-state index contributed by atoms with van der Waals surface area (Å²) in [5.74, 6) is 0.881. The molecule has 2 N–H and O–H groups in total. The number of fused-ring (bicyclic) bond motifs is 1. The third-order valence-corrected chi connectivity index (χ3v) is 3.66. The van der Waals surface area contributed by atoms with Gasteiger partial charge in [-0.3, -0.25) is 14.7 Å². The fourth-order valence-corrected chi connectivity index (χ4v) is 2.41. The molecule has 0 spiro atoms. The molecular formula is C15H16N4O3. The van der Waals surface area contributed by atoms with Crippen molar-refractivity contribution in [3.8, 4) is 5.75 Å². The van der Waals surface area contributed by atoms with E-state index in [-0.39, 0.29) is 11.8 Å². The lowest BCUT2D eigenvalue weighted by molar-refractivity contribution is -0.129. The molecule has 2 aromatic rings. The Hall–Kier alpha value is -2.83. The molecule has 1 aromatic carbocycles. The molecule has 1 aromatic heterocycles. The zero-order chi connectivity index (χ0) is 15.7. The molecule has 0 fully saturated rings. The second kappa shape index (κ2) is 5.51. The first-order valence-electron chi connectivity index (χ1n) is 6.85. The second-order valence-electron chi connectivity index (χ2n) is 5.09. The third-order valence-electron chi connectivity index (χ3n) is 3.66. The number of hydrogen-bond donors (Lipinski definition) is 2. The van der Waals surface area contributed by atoms with Gasteiger partial charge in [0.2, 0.25) is 5.91 Å². The average molecular weight is 300 g/mol. The summed E-state index contributed by atoms with van der Waals surface area (Å²) in [4.78, 5) is 25.4. The molecule has 0 saturated carbocycles. The van der Waals surface area contributed by atoms with Crippen molar-refractivity contribution in [1.82, 2.24) is 15.1 Å². The van der Waals surface area contributed by atoms with E-state index in [0.717, 1.165) is 11.3 Å². The van der Waals surface area contributed by atoms with Crippen molar-refractivity contribution >= 4 is 17.6 Å². The highest BCUT2D eigenvalue weighted by molar-refractivity contribution is 6.04. The summed E-state index contributed by atoms with van der Waals surface area (Å²) >= 11 is 0. The van der Waals surface area contributed by atoms with Crippen molar-refractivity contribution in [3.05, 3.63) is 41.1 Å². The topological polar surface area (TPSA) is 87.3 Å². The van der Waals surface area contributed by atoms with E-state index in [9.17, 15) is 9.59 Å². The molecule has 2 heterocycles. The summed E-state index contributed by atoms with van der Waals surface area (Å²) in [5, 5.41) is 9.76. The van der Waals surface area contributed by atoms with E-state index in [1.807, 2.05) is 0 Å². The van der Waals surface area contributed by atoms with Crippen molar-refractivity contribution in [1.29, 1.82) is 0 Å². The first kappa shape index (κ1) is 14.1. The van der Waals surface area contributed by atoms with Crippen LogP contribution in [0.1, 0.15) is 28.5 Å². The van der Waals surface area contributed by atoms with Gasteiger partial charge in [0.25, 0.3) is 5.91 Å². The number of carbonyl (C=O) groups is 2. The van der Waals surface area contributed by atoms with Gasteiger partial charge in [0.1, 0.15) is 11.6 Å². The number of nitrogens with one attached hydrogen (secondary N) is 2. The second-order valence-corrected chi connectivity index (χ2v) is 5.09. The number of ether oxygens (including phenoxy) is 1. The van der Waals surface area contributed by atoms with E-state index in [1.165, 1.54) is 6.92 Å². The Labute approximate surface area is 127 Å². The summed E-state index contributed by atoms with van der Waals surface area (Å²) in [6, 6.07) is 6.89. The van der Waals surface area contributed by atoms with Gasteiger partial charge in [-0.05, 0) is 18.2 Å². The van der Waals surface area contributed by atoms with Gasteiger partial charge >= 0.3 is 0 Å². The number of aromatic amines is 1. The number of carbonyl (C=O) groups excluding carboxylic acids is 2. The van der Waals surface area contributed by atoms with E-state index < -0.39 is 0 Å². The van der Waals surface area contributed by atoms with E-state index in [2.05, 4.69) is 15.5 Å². The molecule has 0 saturated heterocycles. The number of methoxy groups -OCH3 is 1. The highest BCUT2D eigenvalue weighted by Crippen LogP contribution is 2.27. The lowest BCUT2D eigenvalue weighted by Crippen LogP contribution is -2.23. The van der Waals surface area contributed by atoms with Crippen LogP contribution >= 0.6 is 0 Å². The minimum atomic E-state index is -0.258. The summed E-state index contributed by atoms with van der Waals surface area (Å²) in [5.41, 5.74) is 2.13. The highest BCUT2D eigenvalue weighted by atomic mass is 16.5. The van der Waals surface area contributed by atoms with Crippen LogP contribution in [0.15, 0.2) is 24.3 Å². The monoisotopic (exact) mass is 300 g/mol. The fourth-order valence-electron chi connectivity index (χ4n) is 2.41. The number of nitrogens with zero attached hydrogens (tertiary/aromatic N) is 2. The molecule has 3 rings (SSSR count). The zero-order valence-electron chi connectivity index (χ0n) is 12.3. The Morgan fingerprint density at radius 1 is 1.36 bits per heavy atom. The van der Waals surface area contributed by atoms with Crippen LogP contribution in [-0.4, -0.2) is 34.0 Å². The van der Waals surface area contributed by atoms with Crippen LogP contribution < -0.4 is 10.1 Å². The van der Waals surface area contributed by atoms with Gasteiger partial charge in [0.05, 0.1) is 25.9 Å². The van der Waals surface area contributed by atoms with E-state index in [1.54, 1.807) is 36.3 Å². The molecular weight excluding hydrogens is 284 g/mol. The van der Waals surface area contributed by atoms with Gasteiger partial charge < -0.3 is 15.0 Å². The van der Waals surface area contributed by atoms with Crippen molar-refractivity contribution in [3.63, 3.8) is 0 Å². The number of rotatable bonds is 3. The predicted molar refractivity (Wildman–Crippen MR) is 79.5 cm³/mol. The molecule has 1 aliphatic rings. The van der Waals surface area contributed by atoms with E-state index in [0.29, 0.717) is 30.2 Å². The quantitative estimate of drug-likeness (QED) is 0.900. The van der Waals surface area contributed by atoms with Gasteiger partial charge in [0, 0.05) is 18.1 Å². The Balaban J connectivity index is 1.78. The van der Waals surface area contributed by atoms with Crippen LogP contribution in [0.5, 0.6) is 5.75 Å². The molecule has 7 heteroatoms. The van der Waals surface area contributed by atoms with Gasteiger partial charge in [-0.25, -0.2) is 0 Å². The van der Waals surface area contributed by atoms with Crippen LogP contribution in [-0.2, 0) is 17.9 Å². The lowest BCUT2D eigenvalue weighted by Gasteiger charge is -2.12. The largest absolute Gasteiger partial charge is 0.497 e. The summed E-state index contributed by atoms with van der Waals surface area (Å²) in [6.07, 6.45) is 0. The summed E-state index contributed by atoms with van der Waals surface area (Å²) < 4.78 is 5.11. The SMILES string of the molecule is COc1cccc(C(=O)Nc2[nH]nc3c2CN(C(C)=O)C3)c1. The highest BCUT2D eigenvalue weighted by Gasteiger charge is 2.27. The first-order valence-corrected chi connectivity index (χ1v) is 6.85. The van der Waals surface area contributed by atoms with Crippen LogP contribution in [0, 0.1) is 0 Å². The summed E-state index contributed by atoms with van der Waals surface area (Å²) in [6.45, 7) is 2.44. The molecule has 0 atom stereocenters. The lowest BCUT2D eigenvalue weighted by atomic mass is 10.2. The molecule has 0 bridgehead atoms. The van der Waals surface area contributed by atoms with Crippen molar-refractivity contribution in [2.45, 2.75) is 20.0 Å². The summed E-state index contributed by atoms with van der Waals surface area (Å²) in [7, 11) is 1.55. The van der Waals surface area contributed by atoms with Crippen molar-refractivity contribution in [2.24, 2.45) is 0 Å². The molecule has 1 aliphatic heterocycles. The van der Waals surface area contributed by atoms with E-state index >= 15 is 0 Å². The molecule has 0 unspecified atom stereocenters. The standard InChI is InChI=1S/C15H16N4O3/c1-9(20)19-7-12-13(8-19)17-18-14(12)16-15(21)10-4-3-5-11(6-10)22-2/h3-6H,7-8H2,1-2H3,(H2,16,17,18,21). The van der Waals surface area contributed by atoms with Gasteiger partial charge in [-0.15, -0.1) is 0 Å². The van der Waals surface area contributed by atoms with Crippen molar-refractivity contribution < 1.29 is 14.3 Å². The Kier molecular flexibility index (Phi) is 3.54. The maximum absolute atomic E-state index is 12.3. The number of H-pyrrole nitrogens is 1. The minimum absolute atomic E-state index is 0.0110. The smallest absolute Gasteiger partial charge is 0.256 e. The molecule has 22 heavy (non-hydrogen) atoms. The van der Waals surface area contributed by atoms with Gasteiger partial charge in [0.15, 0.2) is 0 Å². The Morgan fingerprint density at radius 3 is 2.91 bits per heavy atom. The number of hydrogen-bond acceptors (Lipinski definition) is 4. The third kappa shape index (κ3) is 2.52. The Bertz CT molecular complexity index is 738. The van der Waals surface area contributed by atoms with E-state index in [4.69, 9.17) is 4.74 Å². The number of aromatic nitrogens is 2. The maximum atomic E-state index is 12.3. The zero-order valence-corrected chi connectivity index (χ0v) is 12.3.